The third-order valence-corrected chi connectivity index (χ3v) is 6.66. The molecule has 1 aromatic carbocycles. The van der Waals surface area contributed by atoms with Crippen LogP contribution in [-0.2, 0) is 0 Å². The van der Waals surface area contributed by atoms with Gasteiger partial charge in [-0.05, 0) is 58.2 Å². The average molecular weight is 467 g/mol. The Hall–Kier alpha value is -2.59. The molecule has 0 radical (unpaired) electrons. The molecule has 0 aliphatic carbocycles. The summed E-state index contributed by atoms with van der Waals surface area (Å²) in [6.45, 7) is 5.88. The molecule has 2 fully saturated rings. The predicted molar refractivity (Wildman–Crippen MR) is 115 cm³/mol. The first-order valence-electron chi connectivity index (χ1n) is 11.3. The third kappa shape index (κ3) is 5.01. The number of likely N-dealkylation sites (tertiary alicyclic amines) is 2. The van der Waals surface area contributed by atoms with Gasteiger partial charge in [-0.3, -0.25) is 9.69 Å². The summed E-state index contributed by atoms with van der Waals surface area (Å²) in [7, 11) is 0. The molecule has 2 aliphatic heterocycles. The molecule has 33 heavy (non-hydrogen) atoms. The van der Waals surface area contributed by atoms with Gasteiger partial charge in [0.1, 0.15) is 5.75 Å². The number of alkyl halides is 3. The molecule has 0 saturated carbocycles. The standard InChI is InChI=1S/C23H29F3N4O3/c1-15-21(16(2)30(27-15)18-5-3-7-20(13-18)33-23(24,25)26)22(32)28-11-8-17(9-12-28)29-10-4-6-19(29)14-31/h3,5,7,13,17,19,31H,4,6,8-12,14H2,1-2H3/t19-/m1/s1. The molecule has 1 amide bonds. The maximum atomic E-state index is 13.3. The summed E-state index contributed by atoms with van der Waals surface area (Å²) in [6.07, 6.45) is -0.969. The molecular formula is C23H29F3N4O3. The van der Waals surface area contributed by atoms with Crippen LogP contribution in [0.3, 0.4) is 0 Å². The molecule has 0 unspecified atom stereocenters. The number of aliphatic hydroxyl groups is 1. The molecule has 1 aromatic heterocycles. The van der Waals surface area contributed by atoms with E-state index < -0.39 is 6.36 Å². The molecular weight excluding hydrogens is 437 g/mol. The van der Waals surface area contributed by atoms with E-state index in [2.05, 4.69) is 14.7 Å². The first-order chi connectivity index (χ1) is 15.7. The van der Waals surface area contributed by atoms with Gasteiger partial charge in [0.2, 0.25) is 0 Å². The fourth-order valence-electron chi connectivity index (χ4n) is 5.11. The van der Waals surface area contributed by atoms with Crippen molar-refractivity contribution in [1.29, 1.82) is 0 Å². The van der Waals surface area contributed by atoms with Crippen molar-refractivity contribution in [3.63, 3.8) is 0 Å². The molecule has 0 spiro atoms. The van der Waals surface area contributed by atoms with Crippen LogP contribution in [0, 0.1) is 13.8 Å². The SMILES string of the molecule is Cc1nn(-c2cccc(OC(F)(F)F)c2)c(C)c1C(=O)N1CCC(N2CCC[C@@H]2CO)CC1. The van der Waals surface area contributed by atoms with Gasteiger partial charge in [-0.15, -0.1) is 13.2 Å². The lowest BCUT2D eigenvalue weighted by molar-refractivity contribution is -0.274. The van der Waals surface area contributed by atoms with E-state index in [9.17, 15) is 23.1 Å². The lowest BCUT2D eigenvalue weighted by Crippen LogP contribution is -2.49. The molecule has 4 rings (SSSR count). The number of amides is 1. The lowest BCUT2D eigenvalue weighted by atomic mass is 10.0. The minimum absolute atomic E-state index is 0.113. The number of carbonyl (C=O) groups excluding carboxylic acids is 1. The Bertz CT molecular complexity index is 999. The van der Waals surface area contributed by atoms with Crippen LogP contribution in [0.2, 0.25) is 0 Å². The van der Waals surface area contributed by atoms with Crippen LogP contribution >= 0.6 is 0 Å². The summed E-state index contributed by atoms with van der Waals surface area (Å²) in [4.78, 5) is 17.5. The Balaban J connectivity index is 1.48. The molecule has 0 bridgehead atoms. The van der Waals surface area contributed by atoms with Crippen LogP contribution < -0.4 is 4.74 Å². The number of halogens is 3. The number of carbonyl (C=O) groups is 1. The topological polar surface area (TPSA) is 70.8 Å². The number of benzene rings is 1. The van der Waals surface area contributed by atoms with Gasteiger partial charge in [0.05, 0.1) is 29.2 Å². The fourth-order valence-corrected chi connectivity index (χ4v) is 5.11. The van der Waals surface area contributed by atoms with Crippen molar-refractivity contribution in [2.75, 3.05) is 26.2 Å². The van der Waals surface area contributed by atoms with E-state index in [1.54, 1.807) is 19.9 Å². The second kappa shape index (κ2) is 9.34. The van der Waals surface area contributed by atoms with E-state index in [1.807, 2.05) is 4.90 Å². The number of aryl methyl sites for hydroxylation is 1. The van der Waals surface area contributed by atoms with Crippen molar-refractivity contribution in [3.05, 3.63) is 41.2 Å². The van der Waals surface area contributed by atoms with Crippen LogP contribution in [0.25, 0.3) is 5.69 Å². The fraction of sp³-hybridized carbons (Fsp3) is 0.565. The summed E-state index contributed by atoms with van der Waals surface area (Å²) in [6, 6.07) is 6.14. The molecule has 2 aliphatic rings. The number of hydrogen-bond donors (Lipinski definition) is 1. The minimum atomic E-state index is -4.78. The summed E-state index contributed by atoms with van der Waals surface area (Å²) < 4.78 is 43.3. The first-order valence-corrected chi connectivity index (χ1v) is 11.3. The van der Waals surface area contributed by atoms with E-state index in [0.29, 0.717) is 41.8 Å². The quantitative estimate of drug-likeness (QED) is 0.731. The maximum absolute atomic E-state index is 13.3. The summed E-state index contributed by atoms with van der Waals surface area (Å²) in [5.41, 5.74) is 1.97. The van der Waals surface area contributed by atoms with Crippen molar-refractivity contribution < 1.29 is 27.8 Å². The van der Waals surface area contributed by atoms with E-state index in [0.717, 1.165) is 32.2 Å². The van der Waals surface area contributed by atoms with Gasteiger partial charge < -0.3 is 14.7 Å². The third-order valence-electron chi connectivity index (χ3n) is 6.66. The van der Waals surface area contributed by atoms with Crippen LogP contribution in [0.5, 0.6) is 5.75 Å². The van der Waals surface area contributed by atoms with Gasteiger partial charge in [-0.25, -0.2) is 4.68 Å². The highest BCUT2D eigenvalue weighted by molar-refractivity contribution is 5.96. The Kier molecular flexibility index (Phi) is 6.67. The zero-order valence-electron chi connectivity index (χ0n) is 18.8. The Morgan fingerprint density at radius 2 is 1.91 bits per heavy atom. The highest BCUT2D eigenvalue weighted by atomic mass is 19.4. The van der Waals surface area contributed by atoms with E-state index in [4.69, 9.17) is 0 Å². The van der Waals surface area contributed by atoms with Gasteiger partial charge in [0.15, 0.2) is 0 Å². The van der Waals surface area contributed by atoms with E-state index >= 15 is 0 Å². The lowest BCUT2D eigenvalue weighted by Gasteiger charge is -2.39. The van der Waals surface area contributed by atoms with E-state index in [1.165, 1.54) is 22.9 Å². The van der Waals surface area contributed by atoms with Crippen LogP contribution in [0.1, 0.15) is 47.4 Å². The van der Waals surface area contributed by atoms with Crippen molar-refractivity contribution in [3.8, 4) is 11.4 Å². The van der Waals surface area contributed by atoms with Crippen LogP contribution in [0.4, 0.5) is 13.2 Å². The summed E-state index contributed by atoms with van der Waals surface area (Å²) >= 11 is 0. The second-order valence-corrected chi connectivity index (χ2v) is 8.74. The Labute approximate surface area is 190 Å². The minimum Gasteiger partial charge on any atom is -0.406 e. The Morgan fingerprint density at radius 1 is 1.18 bits per heavy atom. The second-order valence-electron chi connectivity index (χ2n) is 8.74. The number of rotatable bonds is 5. The van der Waals surface area contributed by atoms with Crippen molar-refractivity contribution in [2.24, 2.45) is 0 Å². The molecule has 7 nitrogen and oxygen atoms in total. The molecule has 3 heterocycles. The van der Waals surface area contributed by atoms with Crippen LogP contribution in [0.15, 0.2) is 24.3 Å². The highest BCUT2D eigenvalue weighted by Gasteiger charge is 2.35. The largest absolute Gasteiger partial charge is 0.573 e. The maximum Gasteiger partial charge on any atom is 0.573 e. The zero-order chi connectivity index (χ0) is 23.8. The number of piperidine rings is 1. The van der Waals surface area contributed by atoms with Gasteiger partial charge in [-0.1, -0.05) is 6.07 Å². The number of aromatic nitrogens is 2. The Morgan fingerprint density at radius 3 is 2.58 bits per heavy atom. The molecule has 1 atom stereocenters. The number of hydrogen-bond acceptors (Lipinski definition) is 5. The van der Waals surface area contributed by atoms with Gasteiger partial charge in [-0.2, -0.15) is 5.10 Å². The van der Waals surface area contributed by atoms with Crippen molar-refractivity contribution in [2.45, 2.75) is 58.0 Å². The highest BCUT2D eigenvalue weighted by Crippen LogP contribution is 2.29. The zero-order valence-corrected chi connectivity index (χ0v) is 18.8. The van der Waals surface area contributed by atoms with Crippen molar-refractivity contribution in [1.82, 2.24) is 19.6 Å². The van der Waals surface area contributed by atoms with Crippen molar-refractivity contribution >= 4 is 5.91 Å². The van der Waals surface area contributed by atoms with E-state index in [-0.39, 0.29) is 24.3 Å². The number of nitrogens with zero attached hydrogens (tertiary/aromatic N) is 4. The average Bonchev–Trinajstić information content (AvgIpc) is 3.36. The number of aliphatic hydroxyl groups excluding tert-OH is 1. The molecule has 2 saturated heterocycles. The van der Waals surface area contributed by atoms with Gasteiger partial charge in [0, 0.05) is 31.2 Å². The predicted octanol–water partition coefficient (Wildman–Crippen LogP) is 3.45. The molecule has 10 heteroatoms. The summed E-state index contributed by atoms with van der Waals surface area (Å²) in [5, 5.41) is 14.0. The first kappa shape index (κ1) is 23.6. The molecule has 180 valence electrons. The normalized spacial score (nSPS) is 20.4. The van der Waals surface area contributed by atoms with Gasteiger partial charge >= 0.3 is 6.36 Å². The monoisotopic (exact) mass is 466 g/mol. The summed E-state index contributed by atoms with van der Waals surface area (Å²) in [5.74, 6) is -0.455. The molecule has 2 aromatic rings. The van der Waals surface area contributed by atoms with Gasteiger partial charge in [0.25, 0.3) is 5.91 Å². The molecule has 1 N–H and O–H groups in total. The smallest absolute Gasteiger partial charge is 0.406 e. The van der Waals surface area contributed by atoms with Crippen LogP contribution in [-0.4, -0.2) is 75.3 Å². The number of ether oxygens (including phenoxy) is 1.